The number of nitrogens with zero attached hydrogens (tertiary/aromatic N) is 3. The minimum Gasteiger partial charge on any atom is -0.381 e. The van der Waals surface area contributed by atoms with E-state index >= 15 is 0 Å². The summed E-state index contributed by atoms with van der Waals surface area (Å²) in [7, 11) is 0. The van der Waals surface area contributed by atoms with E-state index < -0.39 is 0 Å². The number of aldehydes is 1. The van der Waals surface area contributed by atoms with E-state index in [1.165, 1.54) is 0 Å². The molecule has 1 aliphatic rings. The van der Waals surface area contributed by atoms with Gasteiger partial charge in [0.05, 0.1) is 0 Å². The predicted octanol–water partition coefficient (Wildman–Crippen LogP) is 2.21. The molecule has 0 atom stereocenters. The van der Waals surface area contributed by atoms with Crippen LogP contribution in [0.4, 0.5) is 0 Å². The van der Waals surface area contributed by atoms with Gasteiger partial charge in [-0.1, -0.05) is 0 Å². The lowest BCUT2D eigenvalue weighted by atomic mass is 10.1. The molecule has 2 aromatic rings. The van der Waals surface area contributed by atoms with Crippen LogP contribution in [-0.4, -0.2) is 34.0 Å². The fourth-order valence-electron chi connectivity index (χ4n) is 2.85. The minimum atomic E-state index is 0.360. The molecular formula is C14H17N3O2. The second-order valence-corrected chi connectivity index (χ2v) is 4.98. The maximum absolute atomic E-state index is 11.3. The zero-order valence-corrected chi connectivity index (χ0v) is 11.2. The van der Waals surface area contributed by atoms with Crippen LogP contribution >= 0.6 is 0 Å². The van der Waals surface area contributed by atoms with Crippen LogP contribution in [0.15, 0.2) is 6.20 Å². The summed E-state index contributed by atoms with van der Waals surface area (Å²) in [5.41, 5.74) is 2.57. The molecule has 3 rings (SSSR count). The number of ether oxygens (including phenoxy) is 1. The summed E-state index contributed by atoms with van der Waals surface area (Å²) in [5, 5.41) is 0.851. The Morgan fingerprint density at radius 3 is 2.79 bits per heavy atom. The molecule has 5 nitrogen and oxygen atoms in total. The molecule has 3 heterocycles. The van der Waals surface area contributed by atoms with Crippen molar-refractivity contribution in [2.45, 2.75) is 32.7 Å². The summed E-state index contributed by atoms with van der Waals surface area (Å²) in [6, 6.07) is 0.360. The van der Waals surface area contributed by atoms with Gasteiger partial charge in [0.25, 0.3) is 0 Å². The highest BCUT2D eigenvalue weighted by molar-refractivity contribution is 5.97. The number of carbonyl (C=O) groups excluding carboxylic acids is 1. The van der Waals surface area contributed by atoms with Crippen LogP contribution in [0.3, 0.4) is 0 Å². The first kappa shape index (κ1) is 12.3. The molecule has 1 fully saturated rings. The fraction of sp³-hybridized carbons (Fsp3) is 0.500. The second kappa shape index (κ2) is 4.74. The number of fused-ring (bicyclic) bond motifs is 1. The molecule has 5 heteroatoms. The fourth-order valence-corrected chi connectivity index (χ4v) is 2.85. The summed E-state index contributed by atoms with van der Waals surface area (Å²) < 4.78 is 7.61. The molecule has 1 aliphatic heterocycles. The Hall–Kier alpha value is -1.75. The van der Waals surface area contributed by atoms with Crippen LogP contribution in [0.25, 0.3) is 11.0 Å². The van der Waals surface area contributed by atoms with Gasteiger partial charge in [-0.25, -0.2) is 9.97 Å². The van der Waals surface area contributed by atoms with Crippen molar-refractivity contribution < 1.29 is 9.53 Å². The molecule has 0 radical (unpaired) electrons. The van der Waals surface area contributed by atoms with Gasteiger partial charge in [-0.05, 0) is 26.7 Å². The lowest BCUT2D eigenvalue weighted by Crippen LogP contribution is -2.20. The van der Waals surface area contributed by atoms with Gasteiger partial charge in [-0.2, -0.15) is 0 Å². The number of carbonyl (C=O) groups is 1. The third-order valence-electron chi connectivity index (χ3n) is 3.83. The zero-order valence-electron chi connectivity index (χ0n) is 11.2. The quantitative estimate of drug-likeness (QED) is 0.776. The van der Waals surface area contributed by atoms with Crippen molar-refractivity contribution in [2.75, 3.05) is 13.2 Å². The molecule has 0 saturated carbocycles. The Kier molecular flexibility index (Phi) is 3.06. The molecule has 2 aromatic heterocycles. The van der Waals surface area contributed by atoms with Gasteiger partial charge in [-0.3, -0.25) is 4.79 Å². The van der Waals surface area contributed by atoms with Crippen molar-refractivity contribution in [2.24, 2.45) is 0 Å². The normalized spacial score (nSPS) is 16.9. The van der Waals surface area contributed by atoms with E-state index in [0.29, 0.717) is 11.6 Å². The maximum atomic E-state index is 11.3. The lowest BCUT2D eigenvalue weighted by molar-refractivity contribution is 0.0701. The monoisotopic (exact) mass is 259 g/mol. The van der Waals surface area contributed by atoms with E-state index in [9.17, 15) is 4.79 Å². The third-order valence-corrected chi connectivity index (χ3v) is 3.83. The summed E-state index contributed by atoms with van der Waals surface area (Å²) >= 11 is 0. The Morgan fingerprint density at radius 2 is 2.11 bits per heavy atom. The van der Waals surface area contributed by atoms with E-state index in [-0.39, 0.29) is 0 Å². The number of hydrogen-bond donors (Lipinski definition) is 0. The molecule has 0 spiro atoms. The topological polar surface area (TPSA) is 57.0 Å². The Labute approximate surface area is 111 Å². The second-order valence-electron chi connectivity index (χ2n) is 4.98. The Morgan fingerprint density at radius 1 is 1.37 bits per heavy atom. The van der Waals surface area contributed by atoms with E-state index in [1.807, 2.05) is 13.8 Å². The highest BCUT2D eigenvalue weighted by Crippen LogP contribution is 2.31. The van der Waals surface area contributed by atoms with Crippen LogP contribution in [0, 0.1) is 13.8 Å². The zero-order chi connectivity index (χ0) is 13.4. The van der Waals surface area contributed by atoms with E-state index in [4.69, 9.17) is 4.74 Å². The summed E-state index contributed by atoms with van der Waals surface area (Å²) in [5.74, 6) is 0.732. The number of aryl methyl sites for hydroxylation is 1. The van der Waals surface area contributed by atoms with Crippen molar-refractivity contribution in [1.82, 2.24) is 14.5 Å². The molecule has 1 saturated heterocycles. The van der Waals surface area contributed by atoms with Crippen molar-refractivity contribution in [1.29, 1.82) is 0 Å². The van der Waals surface area contributed by atoms with Crippen LogP contribution in [0.2, 0.25) is 0 Å². The van der Waals surface area contributed by atoms with Gasteiger partial charge in [0.1, 0.15) is 11.5 Å². The SMILES string of the molecule is Cc1ncc2c(C=O)c(C)n(C3CCOCC3)c2n1. The molecule has 0 bridgehead atoms. The van der Waals surface area contributed by atoms with Crippen molar-refractivity contribution in [3.63, 3.8) is 0 Å². The smallest absolute Gasteiger partial charge is 0.152 e. The van der Waals surface area contributed by atoms with Crippen molar-refractivity contribution in [3.8, 4) is 0 Å². The van der Waals surface area contributed by atoms with Crippen LogP contribution in [0.5, 0.6) is 0 Å². The average molecular weight is 259 g/mol. The average Bonchev–Trinajstić information content (AvgIpc) is 2.70. The summed E-state index contributed by atoms with van der Waals surface area (Å²) in [6.07, 6.45) is 4.59. The van der Waals surface area contributed by atoms with Gasteiger partial charge in [-0.15, -0.1) is 0 Å². The maximum Gasteiger partial charge on any atom is 0.152 e. The van der Waals surface area contributed by atoms with Gasteiger partial charge >= 0.3 is 0 Å². The Bertz CT molecular complexity index is 627. The van der Waals surface area contributed by atoms with Gasteiger partial charge in [0.2, 0.25) is 0 Å². The standard InChI is InChI=1S/C14H17N3O2/c1-9-13(8-18)12-7-15-10(2)16-14(12)17(9)11-3-5-19-6-4-11/h7-8,11H,3-6H2,1-2H3. The van der Waals surface area contributed by atoms with Crippen LogP contribution in [-0.2, 0) is 4.74 Å². The van der Waals surface area contributed by atoms with Gasteiger partial charge < -0.3 is 9.30 Å². The first-order valence-electron chi connectivity index (χ1n) is 6.59. The number of rotatable bonds is 2. The van der Waals surface area contributed by atoms with Crippen molar-refractivity contribution in [3.05, 3.63) is 23.3 Å². The predicted molar refractivity (Wildman–Crippen MR) is 71.5 cm³/mol. The lowest BCUT2D eigenvalue weighted by Gasteiger charge is -2.25. The molecule has 0 aromatic carbocycles. The van der Waals surface area contributed by atoms with E-state index in [1.54, 1.807) is 6.20 Å². The molecule has 0 aliphatic carbocycles. The number of aromatic nitrogens is 3. The highest BCUT2D eigenvalue weighted by Gasteiger charge is 2.23. The number of hydrogen-bond acceptors (Lipinski definition) is 4. The molecule has 0 N–H and O–H groups in total. The van der Waals surface area contributed by atoms with E-state index in [0.717, 1.165) is 54.9 Å². The molecule has 100 valence electrons. The molecule has 0 amide bonds. The molecule has 19 heavy (non-hydrogen) atoms. The largest absolute Gasteiger partial charge is 0.381 e. The third kappa shape index (κ3) is 1.94. The highest BCUT2D eigenvalue weighted by atomic mass is 16.5. The molecular weight excluding hydrogens is 242 g/mol. The van der Waals surface area contributed by atoms with Crippen LogP contribution in [0.1, 0.15) is 40.8 Å². The van der Waals surface area contributed by atoms with E-state index in [2.05, 4.69) is 14.5 Å². The molecule has 0 unspecified atom stereocenters. The minimum absolute atomic E-state index is 0.360. The summed E-state index contributed by atoms with van der Waals surface area (Å²) in [4.78, 5) is 20.1. The Balaban J connectivity index is 2.23. The van der Waals surface area contributed by atoms with Gasteiger partial charge in [0, 0.05) is 42.1 Å². The van der Waals surface area contributed by atoms with Crippen LogP contribution < -0.4 is 0 Å². The first-order chi connectivity index (χ1) is 9.22. The van der Waals surface area contributed by atoms with Gasteiger partial charge in [0.15, 0.2) is 6.29 Å². The van der Waals surface area contributed by atoms with Crippen molar-refractivity contribution >= 4 is 17.3 Å². The first-order valence-corrected chi connectivity index (χ1v) is 6.59. The summed E-state index contributed by atoms with van der Waals surface area (Å²) in [6.45, 7) is 5.39.